The van der Waals surface area contributed by atoms with Gasteiger partial charge in [0.15, 0.2) is 11.0 Å². The molecule has 8 nitrogen and oxygen atoms in total. The van der Waals surface area contributed by atoms with Crippen molar-refractivity contribution in [2.24, 2.45) is 0 Å². The summed E-state index contributed by atoms with van der Waals surface area (Å²) in [6, 6.07) is 14.1. The first kappa shape index (κ1) is 20.7. The predicted octanol–water partition coefficient (Wildman–Crippen LogP) is 3.04. The van der Waals surface area contributed by atoms with Gasteiger partial charge in [0.1, 0.15) is 5.69 Å². The first-order chi connectivity index (χ1) is 14.9. The van der Waals surface area contributed by atoms with Crippen LogP contribution in [0.5, 0.6) is 0 Å². The lowest BCUT2D eigenvalue weighted by Gasteiger charge is -2.09. The van der Waals surface area contributed by atoms with Crippen LogP contribution in [-0.4, -0.2) is 35.4 Å². The zero-order valence-corrected chi connectivity index (χ0v) is 16.6. The van der Waals surface area contributed by atoms with Crippen LogP contribution in [0.3, 0.4) is 0 Å². The molecule has 0 saturated heterocycles. The van der Waals surface area contributed by atoms with E-state index in [0.29, 0.717) is 12.2 Å². The number of aromatic nitrogens is 7. The molecule has 31 heavy (non-hydrogen) atoms. The number of aromatic amines is 1. The Balaban J connectivity index is 1.48. The topological polar surface area (TPSA) is 102 Å². The lowest BCUT2D eigenvalue weighted by Crippen LogP contribution is -2.18. The van der Waals surface area contributed by atoms with Gasteiger partial charge in [-0.1, -0.05) is 48.2 Å². The maximum atomic E-state index is 13.0. The third-order valence-electron chi connectivity index (χ3n) is 4.25. The Morgan fingerprint density at radius 2 is 1.81 bits per heavy atom. The number of tetrazole rings is 1. The Kier molecular flexibility index (Phi) is 5.80. The van der Waals surface area contributed by atoms with Gasteiger partial charge in [0.05, 0.1) is 17.0 Å². The first-order valence-corrected chi connectivity index (χ1v) is 9.96. The minimum atomic E-state index is -4.48. The second-order valence-electron chi connectivity index (χ2n) is 6.41. The molecule has 0 saturated carbocycles. The summed E-state index contributed by atoms with van der Waals surface area (Å²) in [6.07, 6.45) is -4.13. The van der Waals surface area contributed by atoms with Crippen molar-refractivity contribution in [2.75, 3.05) is 0 Å². The van der Waals surface area contributed by atoms with E-state index in [1.165, 1.54) is 16.8 Å². The van der Waals surface area contributed by atoms with Crippen molar-refractivity contribution < 1.29 is 13.2 Å². The molecule has 0 aliphatic carbocycles. The van der Waals surface area contributed by atoms with Crippen molar-refractivity contribution in [1.29, 1.82) is 0 Å². The molecule has 1 N–H and O–H groups in total. The molecule has 4 aromatic rings. The Morgan fingerprint density at radius 1 is 1.00 bits per heavy atom. The number of thioether (sulfide) groups is 1. The highest BCUT2D eigenvalue weighted by molar-refractivity contribution is 7.98. The van der Waals surface area contributed by atoms with Gasteiger partial charge in [-0.3, -0.25) is 9.78 Å². The highest BCUT2D eigenvalue weighted by Gasteiger charge is 2.30. The second kappa shape index (κ2) is 8.68. The molecule has 2 aromatic carbocycles. The zero-order chi connectivity index (χ0) is 21.8. The van der Waals surface area contributed by atoms with Crippen molar-refractivity contribution in [3.05, 3.63) is 87.6 Å². The van der Waals surface area contributed by atoms with E-state index in [1.807, 2.05) is 30.3 Å². The number of H-pyrrole nitrogens is 1. The van der Waals surface area contributed by atoms with Crippen molar-refractivity contribution >= 4 is 11.8 Å². The third-order valence-corrected chi connectivity index (χ3v) is 5.11. The van der Waals surface area contributed by atoms with E-state index >= 15 is 0 Å². The van der Waals surface area contributed by atoms with Crippen LogP contribution in [0, 0.1) is 0 Å². The van der Waals surface area contributed by atoms with Gasteiger partial charge in [-0.05, 0) is 34.2 Å². The van der Waals surface area contributed by atoms with Crippen LogP contribution in [0.25, 0.3) is 5.69 Å². The van der Waals surface area contributed by atoms with Crippen molar-refractivity contribution in [3.63, 3.8) is 0 Å². The number of hydrogen-bond donors (Lipinski definition) is 1. The smallest absolute Gasteiger partial charge is 0.298 e. The summed E-state index contributed by atoms with van der Waals surface area (Å²) in [7, 11) is 0. The molecule has 0 unspecified atom stereocenters. The maximum absolute atomic E-state index is 13.0. The number of halogens is 3. The molecule has 0 spiro atoms. The Morgan fingerprint density at radius 3 is 2.55 bits per heavy atom. The molecule has 0 bridgehead atoms. The monoisotopic (exact) mass is 445 g/mol. The summed E-state index contributed by atoms with van der Waals surface area (Å²) in [6.45, 7) is 0. The van der Waals surface area contributed by atoms with Crippen LogP contribution in [-0.2, 0) is 18.3 Å². The summed E-state index contributed by atoms with van der Waals surface area (Å²) >= 11 is 1.11. The summed E-state index contributed by atoms with van der Waals surface area (Å²) in [4.78, 5) is 15.0. The van der Waals surface area contributed by atoms with E-state index in [9.17, 15) is 18.0 Å². The van der Waals surface area contributed by atoms with Crippen molar-refractivity contribution in [3.8, 4) is 5.69 Å². The van der Waals surface area contributed by atoms with E-state index in [1.54, 1.807) is 0 Å². The van der Waals surface area contributed by atoms with Crippen molar-refractivity contribution in [2.45, 2.75) is 23.5 Å². The van der Waals surface area contributed by atoms with Crippen LogP contribution in [0.4, 0.5) is 13.2 Å². The molecule has 2 heterocycles. The van der Waals surface area contributed by atoms with Gasteiger partial charge in [0, 0.05) is 6.42 Å². The van der Waals surface area contributed by atoms with Crippen LogP contribution in [0.15, 0.2) is 64.5 Å². The van der Waals surface area contributed by atoms with Crippen LogP contribution in [0.1, 0.15) is 22.6 Å². The second-order valence-corrected chi connectivity index (χ2v) is 7.38. The molecule has 158 valence electrons. The number of hydrogen-bond acceptors (Lipinski definition) is 7. The summed E-state index contributed by atoms with van der Waals surface area (Å²) < 4.78 is 40.1. The van der Waals surface area contributed by atoms with Crippen LogP contribution >= 0.6 is 11.8 Å². The first-order valence-electron chi connectivity index (χ1n) is 8.97. The van der Waals surface area contributed by atoms with Gasteiger partial charge in [-0.15, -0.1) is 15.3 Å². The van der Waals surface area contributed by atoms with E-state index in [0.717, 1.165) is 29.5 Å². The number of nitrogens with zero attached hydrogens (tertiary/aromatic N) is 6. The average Bonchev–Trinajstić information content (AvgIpc) is 3.23. The molecule has 0 radical (unpaired) electrons. The standard InChI is InChI=1S/C19H14F3N7OS/c20-19(21,22)13-7-4-8-14(10-13)29-16(25-27-28-29)11-31-18-23-17(30)15(24-26-18)9-12-5-2-1-3-6-12/h1-8,10H,9,11H2,(H,23,26,30). The van der Waals surface area contributed by atoms with E-state index in [-0.39, 0.29) is 27.8 Å². The van der Waals surface area contributed by atoms with Gasteiger partial charge in [0.2, 0.25) is 0 Å². The van der Waals surface area contributed by atoms with E-state index in [4.69, 9.17) is 0 Å². The Bertz CT molecular complexity index is 1240. The number of benzene rings is 2. The Labute approximate surface area is 177 Å². The molecule has 0 fully saturated rings. The number of rotatable bonds is 6. The van der Waals surface area contributed by atoms with E-state index < -0.39 is 11.7 Å². The molecule has 0 aliphatic heterocycles. The third kappa shape index (κ3) is 4.97. The average molecular weight is 445 g/mol. The van der Waals surface area contributed by atoms with Gasteiger partial charge < -0.3 is 0 Å². The quantitative estimate of drug-likeness (QED) is 0.455. The molecule has 0 atom stereocenters. The fourth-order valence-corrected chi connectivity index (χ4v) is 3.47. The number of nitrogens with one attached hydrogen (secondary N) is 1. The molecule has 0 aliphatic rings. The number of alkyl halides is 3. The van der Waals surface area contributed by atoms with Gasteiger partial charge in [0.25, 0.3) is 5.56 Å². The molecule has 2 aromatic heterocycles. The largest absolute Gasteiger partial charge is 0.416 e. The SMILES string of the molecule is O=c1[nH]c(SCc2nnnn2-c2cccc(C(F)(F)F)c2)nnc1Cc1ccccc1. The van der Waals surface area contributed by atoms with Gasteiger partial charge in [-0.25, -0.2) is 0 Å². The highest BCUT2D eigenvalue weighted by atomic mass is 32.2. The lowest BCUT2D eigenvalue weighted by molar-refractivity contribution is -0.137. The minimum absolute atomic E-state index is 0.159. The van der Waals surface area contributed by atoms with Crippen LogP contribution < -0.4 is 5.56 Å². The van der Waals surface area contributed by atoms with Crippen LogP contribution in [0.2, 0.25) is 0 Å². The normalized spacial score (nSPS) is 11.6. The van der Waals surface area contributed by atoms with Gasteiger partial charge >= 0.3 is 6.18 Å². The highest BCUT2D eigenvalue weighted by Crippen LogP contribution is 2.30. The van der Waals surface area contributed by atoms with Gasteiger partial charge in [-0.2, -0.15) is 17.9 Å². The fourth-order valence-electron chi connectivity index (χ4n) is 2.76. The molecular formula is C19H14F3N7OS. The molecule has 4 rings (SSSR count). The fraction of sp³-hybridized carbons (Fsp3) is 0.158. The van der Waals surface area contributed by atoms with Crippen molar-refractivity contribution in [1.82, 2.24) is 35.4 Å². The zero-order valence-electron chi connectivity index (χ0n) is 15.7. The van der Waals surface area contributed by atoms with E-state index in [2.05, 4.69) is 30.7 Å². The molecule has 12 heteroatoms. The summed E-state index contributed by atoms with van der Waals surface area (Å²) in [5, 5.41) is 19.4. The molecule has 0 amide bonds. The maximum Gasteiger partial charge on any atom is 0.416 e. The summed E-state index contributed by atoms with van der Waals surface area (Å²) in [5.41, 5.74) is 0.225. The minimum Gasteiger partial charge on any atom is -0.298 e. The molecular weight excluding hydrogens is 431 g/mol. The lowest BCUT2D eigenvalue weighted by atomic mass is 10.1. The Hall–Kier alpha value is -3.54. The predicted molar refractivity (Wildman–Crippen MR) is 106 cm³/mol. The summed E-state index contributed by atoms with van der Waals surface area (Å²) in [5.74, 6) is 0.451.